The molecule has 4 heteroatoms. The van der Waals surface area contributed by atoms with Gasteiger partial charge in [-0.25, -0.2) is 0 Å². The molecule has 0 N–H and O–H groups in total. The van der Waals surface area contributed by atoms with Gasteiger partial charge in [0.25, 0.3) is 0 Å². The lowest BCUT2D eigenvalue weighted by atomic mass is 9.89. The number of aldehydes is 1. The number of para-hydroxylation sites is 2. The van der Waals surface area contributed by atoms with Crippen molar-refractivity contribution in [3.05, 3.63) is 58.7 Å². The Bertz CT molecular complexity index is 982. The summed E-state index contributed by atoms with van der Waals surface area (Å²) in [7, 11) is 2.06. The maximum absolute atomic E-state index is 14.0. The zero-order valence-electron chi connectivity index (χ0n) is 23.8. The van der Waals surface area contributed by atoms with Crippen LogP contribution < -0.4 is 9.80 Å². The normalized spacial score (nSPS) is 12.1. The molecule has 192 valence electrons. The number of hydrogen-bond acceptors (Lipinski definition) is 3. The molecule has 0 aliphatic rings. The summed E-state index contributed by atoms with van der Waals surface area (Å²) < 4.78 is 0. The molecule has 0 saturated carbocycles. The van der Waals surface area contributed by atoms with Crippen LogP contribution in [0.2, 0.25) is 0 Å². The lowest BCUT2D eigenvalue weighted by molar-refractivity contribution is -0.132. The van der Waals surface area contributed by atoms with E-state index < -0.39 is 5.41 Å². The summed E-state index contributed by atoms with van der Waals surface area (Å²) in [6.45, 7) is 21.3. The maximum Gasteiger partial charge on any atom is 0.241 e. The van der Waals surface area contributed by atoms with Crippen LogP contribution in [-0.2, 0) is 9.59 Å². The molecule has 0 aromatic heterocycles. The standard InChI is InChI=1S/C31H46N2O2/c1-20(2)24-14-12-15-25(21(3)4)28(24)32(11)19-33(30(35)31(9,10)18-34)29-26(22(5)6)16-13-17-27(29)23(7)8/h12-18,20-23H,19H2,1-11H3. The number of benzene rings is 2. The van der Waals surface area contributed by atoms with Crippen molar-refractivity contribution in [1.29, 1.82) is 0 Å². The van der Waals surface area contributed by atoms with Crippen LogP contribution in [-0.4, -0.2) is 25.9 Å². The Balaban J connectivity index is 2.80. The molecule has 4 nitrogen and oxygen atoms in total. The zero-order valence-corrected chi connectivity index (χ0v) is 23.8. The van der Waals surface area contributed by atoms with E-state index in [4.69, 9.17) is 0 Å². The van der Waals surface area contributed by atoms with Gasteiger partial charge in [-0.05, 0) is 59.8 Å². The van der Waals surface area contributed by atoms with Crippen LogP contribution in [0, 0.1) is 5.41 Å². The van der Waals surface area contributed by atoms with Crippen LogP contribution in [0.1, 0.15) is 115 Å². The summed E-state index contributed by atoms with van der Waals surface area (Å²) in [6.07, 6.45) is 0.775. The fourth-order valence-electron chi connectivity index (χ4n) is 4.69. The molecule has 0 fully saturated rings. The highest BCUT2D eigenvalue weighted by atomic mass is 16.2. The first-order valence-corrected chi connectivity index (χ1v) is 13.0. The van der Waals surface area contributed by atoms with Gasteiger partial charge < -0.3 is 9.69 Å². The lowest BCUT2D eigenvalue weighted by Gasteiger charge is -2.38. The minimum absolute atomic E-state index is 0.178. The van der Waals surface area contributed by atoms with Crippen molar-refractivity contribution >= 4 is 23.6 Å². The van der Waals surface area contributed by atoms with E-state index in [-0.39, 0.29) is 17.7 Å². The molecular formula is C31H46N2O2. The highest BCUT2D eigenvalue weighted by Gasteiger charge is 2.36. The van der Waals surface area contributed by atoms with Gasteiger partial charge >= 0.3 is 0 Å². The molecule has 0 saturated heterocycles. The van der Waals surface area contributed by atoms with Gasteiger partial charge in [-0.1, -0.05) is 91.8 Å². The smallest absolute Gasteiger partial charge is 0.241 e. The summed E-state index contributed by atoms with van der Waals surface area (Å²) in [5, 5.41) is 0. The minimum Gasteiger partial charge on any atom is -0.356 e. The maximum atomic E-state index is 14.0. The highest BCUT2D eigenvalue weighted by Crippen LogP contribution is 2.39. The van der Waals surface area contributed by atoms with E-state index in [0.29, 0.717) is 18.5 Å². The number of hydrogen-bond donors (Lipinski definition) is 0. The van der Waals surface area contributed by atoms with Crippen LogP contribution in [0.3, 0.4) is 0 Å². The van der Waals surface area contributed by atoms with E-state index in [2.05, 4.69) is 104 Å². The Kier molecular flexibility index (Phi) is 9.33. The molecule has 0 spiro atoms. The van der Waals surface area contributed by atoms with Gasteiger partial charge in [-0.2, -0.15) is 0 Å². The number of amides is 1. The molecule has 1 amide bonds. The van der Waals surface area contributed by atoms with Crippen molar-refractivity contribution in [1.82, 2.24) is 0 Å². The molecule has 35 heavy (non-hydrogen) atoms. The van der Waals surface area contributed by atoms with E-state index in [1.165, 1.54) is 16.8 Å². The van der Waals surface area contributed by atoms with Crippen molar-refractivity contribution in [2.45, 2.75) is 92.9 Å². The van der Waals surface area contributed by atoms with Gasteiger partial charge in [0.2, 0.25) is 5.91 Å². The molecule has 0 atom stereocenters. The molecule has 0 radical (unpaired) electrons. The predicted molar refractivity (Wildman–Crippen MR) is 150 cm³/mol. The van der Waals surface area contributed by atoms with Crippen molar-refractivity contribution in [2.24, 2.45) is 5.41 Å². The Morgan fingerprint density at radius 1 is 0.743 bits per heavy atom. The first-order chi connectivity index (χ1) is 16.2. The summed E-state index contributed by atoms with van der Waals surface area (Å²) in [5.74, 6) is 0.977. The second-order valence-corrected chi connectivity index (χ2v) is 11.6. The SMILES string of the molecule is CC(C)c1cccc(C(C)C)c1N(C)CN(C(=O)C(C)(C)C=O)c1c(C(C)C)cccc1C(C)C. The molecule has 2 aromatic rings. The van der Waals surface area contributed by atoms with Crippen LogP contribution in [0.25, 0.3) is 0 Å². The van der Waals surface area contributed by atoms with E-state index in [0.717, 1.165) is 23.1 Å². The second-order valence-electron chi connectivity index (χ2n) is 11.6. The number of rotatable bonds is 10. The van der Waals surface area contributed by atoms with Crippen molar-refractivity contribution in [3.8, 4) is 0 Å². The molecular weight excluding hydrogens is 432 g/mol. The predicted octanol–water partition coefficient (Wildman–Crippen LogP) is 7.83. The quantitative estimate of drug-likeness (QED) is 0.198. The van der Waals surface area contributed by atoms with E-state index in [1.807, 2.05) is 4.90 Å². The average molecular weight is 479 g/mol. The van der Waals surface area contributed by atoms with Gasteiger partial charge in [0.15, 0.2) is 0 Å². The van der Waals surface area contributed by atoms with Crippen LogP contribution in [0.4, 0.5) is 11.4 Å². The number of nitrogens with zero attached hydrogens (tertiary/aromatic N) is 2. The summed E-state index contributed by atoms with van der Waals surface area (Å²) >= 11 is 0. The topological polar surface area (TPSA) is 40.6 Å². The number of anilines is 2. The van der Waals surface area contributed by atoms with Crippen molar-refractivity contribution < 1.29 is 9.59 Å². The Labute approximate surface area is 213 Å². The third-order valence-corrected chi connectivity index (χ3v) is 6.78. The molecule has 2 rings (SSSR count). The Morgan fingerprint density at radius 3 is 1.40 bits per heavy atom. The molecule has 0 bridgehead atoms. The number of carbonyl (C=O) groups is 2. The summed E-state index contributed by atoms with van der Waals surface area (Å²) in [5.41, 5.74) is 5.77. The highest BCUT2D eigenvalue weighted by molar-refractivity contribution is 6.06. The van der Waals surface area contributed by atoms with Crippen LogP contribution >= 0.6 is 0 Å². The zero-order chi connectivity index (χ0) is 26.7. The monoisotopic (exact) mass is 478 g/mol. The third-order valence-electron chi connectivity index (χ3n) is 6.78. The Hall–Kier alpha value is -2.62. The van der Waals surface area contributed by atoms with Gasteiger partial charge in [-0.3, -0.25) is 9.69 Å². The van der Waals surface area contributed by atoms with E-state index in [1.54, 1.807) is 13.8 Å². The second kappa shape index (κ2) is 11.4. The summed E-state index contributed by atoms with van der Waals surface area (Å²) in [6, 6.07) is 12.8. The fourth-order valence-corrected chi connectivity index (χ4v) is 4.69. The molecule has 0 aliphatic carbocycles. The number of carbonyl (C=O) groups excluding carboxylic acids is 2. The van der Waals surface area contributed by atoms with Crippen molar-refractivity contribution in [2.75, 3.05) is 23.5 Å². The largest absolute Gasteiger partial charge is 0.356 e. The first-order valence-electron chi connectivity index (χ1n) is 13.0. The molecule has 0 aliphatic heterocycles. The average Bonchev–Trinajstić information content (AvgIpc) is 2.80. The van der Waals surface area contributed by atoms with Crippen LogP contribution in [0.5, 0.6) is 0 Å². The molecule has 2 aromatic carbocycles. The van der Waals surface area contributed by atoms with Crippen LogP contribution in [0.15, 0.2) is 36.4 Å². The van der Waals surface area contributed by atoms with Crippen molar-refractivity contribution in [3.63, 3.8) is 0 Å². The molecule has 0 unspecified atom stereocenters. The fraction of sp³-hybridized carbons (Fsp3) is 0.548. The van der Waals surface area contributed by atoms with Gasteiger partial charge in [0.1, 0.15) is 6.29 Å². The minimum atomic E-state index is -1.13. The lowest BCUT2D eigenvalue weighted by Crippen LogP contribution is -2.48. The van der Waals surface area contributed by atoms with Gasteiger partial charge in [-0.15, -0.1) is 0 Å². The Morgan fingerprint density at radius 2 is 1.09 bits per heavy atom. The van der Waals surface area contributed by atoms with E-state index >= 15 is 0 Å². The summed E-state index contributed by atoms with van der Waals surface area (Å²) in [4.78, 5) is 30.1. The van der Waals surface area contributed by atoms with Gasteiger partial charge in [0.05, 0.1) is 17.8 Å². The van der Waals surface area contributed by atoms with E-state index in [9.17, 15) is 9.59 Å². The molecule has 0 heterocycles. The van der Waals surface area contributed by atoms with Gasteiger partial charge in [0, 0.05) is 12.7 Å². The first kappa shape index (κ1) is 28.6. The third kappa shape index (κ3) is 6.15.